The highest BCUT2D eigenvalue weighted by Gasteiger charge is 2.19. The highest BCUT2D eigenvalue weighted by Crippen LogP contribution is 2.17. The van der Waals surface area contributed by atoms with Crippen molar-refractivity contribution in [2.45, 2.75) is 85.0 Å². The minimum absolute atomic E-state index is 0.362. The van der Waals surface area contributed by atoms with Crippen molar-refractivity contribution in [3.8, 4) is 0 Å². The molecule has 0 aromatic carbocycles. The highest BCUT2D eigenvalue weighted by atomic mass is 16.2. The predicted molar refractivity (Wildman–Crippen MR) is 92.0 cm³/mol. The first kappa shape index (κ1) is 20.1. The van der Waals surface area contributed by atoms with Crippen LogP contribution in [-0.2, 0) is 4.79 Å². The molecule has 1 aliphatic rings. The van der Waals surface area contributed by atoms with Crippen molar-refractivity contribution in [3.63, 3.8) is 0 Å². The summed E-state index contributed by atoms with van der Waals surface area (Å²) in [4.78, 5) is 14.0. The van der Waals surface area contributed by atoms with E-state index in [4.69, 9.17) is 5.41 Å². The summed E-state index contributed by atoms with van der Waals surface area (Å²) in [5, 5.41) is 6.93. The molecule has 21 heavy (non-hydrogen) atoms. The number of carbonyl (C=O) groups excluding carboxylic acids is 1. The largest absolute Gasteiger partial charge is 0.343 e. The Morgan fingerprint density at radius 1 is 1.10 bits per heavy atom. The van der Waals surface area contributed by atoms with Crippen LogP contribution < -0.4 is 0 Å². The zero-order chi connectivity index (χ0) is 15.9. The van der Waals surface area contributed by atoms with Crippen LogP contribution in [0.3, 0.4) is 0 Å². The Morgan fingerprint density at radius 3 is 2.19 bits per heavy atom. The molecule has 1 amide bonds. The SMILES string of the molecule is CC1CCN(C(=O)CCCCCCCC=N)CC1.CCC. The number of hydrogen-bond donors (Lipinski definition) is 1. The van der Waals surface area contributed by atoms with E-state index in [1.54, 1.807) is 0 Å². The molecular formula is C18H36N2O. The Kier molecular flexibility index (Phi) is 13.5. The molecule has 1 saturated heterocycles. The van der Waals surface area contributed by atoms with Crippen molar-refractivity contribution in [3.05, 3.63) is 0 Å². The minimum Gasteiger partial charge on any atom is -0.343 e. The van der Waals surface area contributed by atoms with Gasteiger partial charge < -0.3 is 10.3 Å². The van der Waals surface area contributed by atoms with E-state index in [1.165, 1.54) is 38.3 Å². The number of carbonyl (C=O) groups is 1. The number of unbranched alkanes of at least 4 members (excludes halogenated alkanes) is 5. The van der Waals surface area contributed by atoms with Crippen molar-refractivity contribution in [1.82, 2.24) is 4.90 Å². The van der Waals surface area contributed by atoms with Crippen LogP contribution in [0.4, 0.5) is 0 Å². The van der Waals surface area contributed by atoms with E-state index < -0.39 is 0 Å². The Labute approximate surface area is 132 Å². The van der Waals surface area contributed by atoms with Gasteiger partial charge in [0.25, 0.3) is 0 Å². The summed E-state index contributed by atoms with van der Waals surface area (Å²) in [7, 11) is 0. The smallest absolute Gasteiger partial charge is 0.222 e. The van der Waals surface area contributed by atoms with E-state index in [0.717, 1.165) is 51.1 Å². The molecule has 1 rings (SSSR count). The Balaban J connectivity index is 0.00000122. The van der Waals surface area contributed by atoms with Crippen molar-refractivity contribution < 1.29 is 4.79 Å². The van der Waals surface area contributed by atoms with Gasteiger partial charge in [-0.3, -0.25) is 4.79 Å². The summed E-state index contributed by atoms with van der Waals surface area (Å²) < 4.78 is 0. The summed E-state index contributed by atoms with van der Waals surface area (Å²) in [6, 6.07) is 0. The second kappa shape index (κ2) is 14.1. The number of nitrogens with one attached hydrogen (secondary N) is 1. The number of nitrogens with zero attached hydrogens (tertiary/aromatic N) is 1. The molecule has 0 saturated carbocycles. The third-order valence-electron chi connectivity index (χ3n) is 3.88. The van der Waals surface area contributed by atoms with Gasteiger partial charge >= 0.3 is 0 Å². The summed E-state index contributed by atoms with van der Waals surface area (Å²) in [6.07, 6.45) is 12.5. The molecule has 124 valence electrons. The molecule has 0 aromatic rings. The molecule has 0 bridgehead atoms. The van der Waals surface area contributed by atoms with E-state index in [2.05, 4.69) is 25.7 Å². The van der Waals surface area contributed by atoms with E-state index in [-0.39, 0.29) is 0 Å². The first-order valence-corrected chi connectivity index (χ1v) is 8.92. The third-order valence-corrected chi connectivity index (χ3v) is 3.88. The maximum atomic E-state index is 11.9. The van der Waals surface area contributed by atoms with Gasteiger partial charge in [-0.2, -0.15) is 0 Å². The molecule has 0 aliphatic carbocycles. The van der Waals surface area contributed by atoms with Gasteiger partial charge in [-0.15, -0.1) is 0 Å². The van der Waals surface area contributed by atoms with Crippen molar-refractivity contribution in [1.29, 1.82) is 5.41 Å². The monoisotopic (exact) mass is 296 g/mol. The van der Waals surface area contributed by atoms with Gasteiger partial charge in [0, 0.05) is 19.5 Å². The van der Waals surface area contributed by atoms with Gasteiger partial charge in [0.1, 0.15) is 0 Å². The molecule has 1 fully saturated rings. The van der Waals surface area contributed by atoms with Gasteiger partial charge in [0.05, 0.1) is 0 Å². The average Bonchev–Trinajstić information content (AvgIpc) is 2.47. The molecular weight excluding hydrogens is 260 g/mol. The quantitative estimate of drug-likeness (QED) is 0.495. The molecule has 0 atom stereocenters. The molecule has 3 nitrogen and oxygen atoms in total. The summed E-state index contributed by atoms with van der Waals surface area (Å²) in [6.45, 7) is 8.47. The summed E-state index contributed by atoms with van der Waals surface area (Å²) in [5.41, 5.74) is 0. The lowest BCUT2D eigenvalue weighted by molar-refractivity contribution is -0.132. The Bertz CT molecular complexity index is 258. The zero-order valence-corrected chi connectivity index (χ0v) is 14.5. The topological polar surface area (TPSA) is 44.2 Å². The summed E-state index contributed by atoms with van der Waals surface area (Å²) >= 11 is 0. The number of hydrogen-bond acceptors (Lipinski definition) is 2. The lowest BCUT2D eigenvalue weighted by atomic mass is 9.99. The Morgan fingerprint density at radius 2 is 1.62 bits per heavy atom. The maximum absolute atomic E-state index is 11.9. The fraction of sp³-hybridized carbons (Fsp3) is 0.889. The number of amides is 1. The molecule has 0 unspecified atom stereocenters. The number of rotatable bonds is 8. The van der Waals surface area contributed by atoms with Crippen LogP contribution in [0.1, 0.15) is 85.0 Å². The van der Waals surface area contributed by atoms with Crippen LogP contribution >= 0.6 is 0 Å². The zero-order valence-electron chi connectivity index (χ0n) is 14.5. The van der Waals surface area contributed by atoms with Gasteiger partial charge in [0.2, 0.25) is 5.91 Å². The molecule has 1 heterocycles. The second-order valence-electron chi connectivity index (χ2n) is 6.28. The van der Waals surface area contributed by atoms with Crippen LogP contribution in [0.15, 0.2) is 0 Å². The van der Waals surface area contributed by atoms with E-state index in [0.29, 0.717) is 5.91 Å². The Hall–Kier alpha value is -0.860. The van der Waals surface area contributed by atoms with E-state index in [1.807, 2.05) is 0 Å². The van der Waals surface area contributed by atoms with Gasteiger partial charge in [-0.25, -0.2) is 0 Å². The van der Waals surface area contributed by atoms with Crippen LogP contribution in [0.2, 0.25) is 0 Å². The average molecular weight is 296 g/mol. The first-order chi connectivity index (χ1) is 10.2. The van der Waals surface area contributed by atoms with Crippen molar-refractivity contribution in [2.24, 2.45) is 5.92 Å². The van der Waals surface area contributed by atoms with Crippen molar-refractivity contribution in [2.75, 3.05) is 13.1 Å². The van der Waals surface area contributed by atoms with Crippen LogP contribution in [0.25, 0.3) is 0 Å². The fourth-order valence-electron chi connectivity index (χ4n) is 2.47. The van der Waals surface area contributed by atoms with Crippen LogP contribution in [0.5, 0.6) is 0 Å². The van der Waals surface area contributed by atoms with Crippen LogP contribution in [0, 0.1) is 11.3 Å². The lowest BCUT2D eigenvalue weighted by Gasteiger charge is -2.30. The normalized spacial score (nSPS) is 15.3. The second-order valence-corrected chi connectivity index (χ2v) is 6.28. The van der Waals surface area contributed by atoms with Gasteiger partial charge in [-0.1, -0.05) is 46.5 Å². The predicted octanol–water partition coefficient (Wildman–Crippen LogP) is 5.04. The summed E-state index contributed by atoms with van der Waals surface area (Å²) in [5.74, 6) is 1.16. The van der Waals surface area contributed by atoms with Gasteiger partial charge in [-0.05, 0) is 44.2 Å². The fourth-order valence-corrected chi connectivity index (χ4v) is 2.47. The third kappa shape index (κ3) is 11.5. The maximum Gasteiger partial charge on any atom is 0.222 e. The number of piperidine rings is 1. The molecule has 0 radical (unpaired) electrons. The minimum atomic E-state index is 0.362. The molecule has 1 aliphatic heterocycles. The first-order valence-electron chi connectivity index (χ1n) is 8.92. The molecule has 0 aromatic heterocycles. The lowest BCUT2D eigenvalue weighted by Crippen LogP contribution is -2.37. The number of likely N-dealkylation sites (tertiary alicyclic amines) is 1. The van der Waals surface area contributed by atoms with Gasteiger partial charge in [0.15, 0.2) is 0 Å². The van der Waals surface area contributed by atoms with Crippen molar-refractivity contribution >= 4 is 12.1 Å². The van der Waals surface area contributed by atoms with Crippen LogP contribution in [-0.4, -0.2) is 30.1 Å². The highest BCUT2D eigenvalue weighted by molar-refractivity contribution is 5.76. The van der Waals surface area contributed by atoms with E-state index in [9.17, 15) is 4.79 Å². The van der Waals surface area contributed by atoms with E-state index >= 15 is 0 Å². The molecule has 3 heteroatoms. The molecule has 0 spiro atoms. The standard InChI is InChI=1S/C15H28N2O.C3H8/c1-14-9-12-17(13-10-14)15(18)8-6-4-2-3-5-7-11-16;1-3-2/h11,14,16H,2-10,12-13H2,1H3;3H2,1-2H3. The molecule has 1 N–H and O–H groups in total.